The van der Waals surface area contributed by atoms with E-state index >= 15 is 0 Å². The maximum atomic E-state index is 5.76. The first kappa shape index (κ1) is 15.3. The van der Waals surface area contributed by atoms with E-state index in [2.05, 4.69) is 18.7 Å². The van der Waals surface area contributed by atoms with E-state index in [1.807, 2.05) is 0 Å². The minimum absolute atomic E-state index is 0.748. The second-order valence-electron chi connectivity index (χ2n) is 5.46. The Labute approximate surface area is 112 Å². The van der Waals surface area contributed by atoms with Crippen molar-refractivity contribution in [1.82, 2.24) is 4.90 Å². The number of ether oxygens (including phenoxy) is 1. The summed E-state index contributed by atoms with van der Waals surface area (Å²) in [5, 5.41) is 0. The van der Waals surface area contributed by atoms with Crippen molar-refractivity contribution in [3.8, 4) is 0 Å². The fourth-order valence-corrected chi connectivity index (χ4v) is 2.59. The van der Waals surface area contributed by atoms with Gasteiger partial charge in [0, 0.05) is 25.1 Å². The van der Waals surface area contributed by atoms with Crippen LogP contribution in [0.2, 0.25) is 0 Å². The molecule has 0 spiro atoms. The van der Waals surface area contributed by atoms with E-state index in [0.717, 1.165) is 44.0 Å². The zero-order valence-corrected chi connectivity index (χ0v) is 12.2. The molecule has 1 atom stereocenters. The highest BCUT2D eigenvalue weighted by atomic mass is 35.5. The van der Waals surface area contributed by atoms with Gasteiger partial charge < -0.3 is 4.74 Å². The van der Waals surface area contributed by atoms with Crippen LogP contribution in [0.4, 0.5) is 0 Å². The van der Waals surface area contributed by atoms with Crippen LogP contribution in [0.1, 0.15) is 46.0 Å². The van der Waals surface area contributed by atoms with Crippen LogP contribution < -0.4 is 0 Å². The average molecular weight is 262 g/mol. The molecule has 0 N–H and O–H groups in total. The predicted molar refractivity (Wildman–Crippen MR) is 74.8 cm³/mol. The predicted octanol–water partition coefficient (Wildman–Crippen LogP) is 3.53. The van der Waals surface area contributed by atoms with Crippen molar-refractivity contribution in [1.29, 1.82) is 0 Å². The molecule has 1 heterocycles. The van der Waals surface area contributed by atoms with E-state index in [1.54, 1.807) is 0 Å². The Kier molecular flexibility index (Phi) is 8.25. The Morgan fingerprint density at radius 2 is 2.18 bits per heavy atom. The monoisotopic (exact) mass is 261 g/mol. The van der Waals surface area contributed by atoms with Crippen molar-refractivity contribution in [2.24, 2.45) is 5.92 Å². The molecule has 1 saturated heterocycles. The summed E-state index contributed by atoms with van der Waals surface area (Å²) in [6.07, 6.45) is 6.28. The van der Waals surface area contributed by atoms with Gasteiger partial charge in [-0.15, -0.1) is 11.6 Å². The molecule has 1 unspecified atom stereocenters. The number of rotatable bonds is 9. The fourth-order valence-electron chi connectivity index (χ4n) is 2.43. The summed E-state index contributed by atoms with van der Waals surface area (Å²) in [5.41, 5.74) is 0. The minimum atomic E-state index is 0.748. The molecule has 1 aliphatic rings. The van der Waals surface area contributed by atoms with E-state index < -0.39 is 0 Å². The molecule has 102 valence electrons. The van der Waals surface area contributed by atoms with Crippen LogP contribution in [0.15, 0.2) is 0 Å². The van der Waals surface area contributed by atoms with Gasteiger partial charge in [0.25, 0.3) is 0 Å². The van der Waals surface area contributed by atoms with Crippen molar-refractivity contribution >= 4 is 11.6 Å². The first-order valence-corrected chi connectivity index (χ1v) is 7.65. The molecule has 0 aliphatic carbocycles. The third-order valence-corrected chi connectivity index (χ3v) is 3.80. The van der Waals surface area contributed by atoms with Gasteiger partial charge in [-0.2, -0.15) is 0 Å². The number of hydrogen-bond acceptors (Lipinski definition) is 2. The molecule has 2 nitrogen and oxygen atoms in total. The molecule has 0 aromatic heterocycles. The number of nitrogens with zero attached hydrogens (tertiary/aromatic N) is 1. The standard InChI is InChI=1S/C14H28ClNO/c1-13(2)7-11-17-12-10-16-9-4-6-14(16)5-3-8-15/h13-14H,3-12H2,1-2H3. The van der Waals surface area contributed by atoms with Crippen molar-refractivity contribution in [2.75, 3.05) is 32.2 Å². The Hall–Kier alpha value is 0.210. The lowest BCUT2D eigenvalue weighted by Gasteiger charge is -2.24. The molecule has 0 radical (unpaired) electrons. The van der Waals surface area contributed by atoms with Crippen LogP contribution in [-0.4, -0.2) is 43.1 Å². The number of alkyl halides is 1. The Balaban J connectivity index is 2.04. The summed E-state index contributed by atoms with van der Waals surface area (Å²) in [5.74, 6) is 1.55. The third-order valence-electron chi connectivity index (χ3n) is 3.53. The molecule has 3 heteroatoms. The molecule has 0 aromatic rings. The van der Waals surface area contributed by atoms with Gasteiger partial charge in [0.15, 0.2) is 0 Å². The van der Waals surface area contributed by atoms with Crippen LogP contribution in [0.3, 0.4) is 0 Å². The largest absolute Gasteiger partial charge is 0.380 e. The summed E-state index contributed by atoms with van der Waals surface area (Å²) >= 11 is 5.76. The third kappa shape index (κ3) is 6.64. The average Bonchev–Trinajstić information content (AvgIpc) is 2.73. The second-order valence-corrected chi connectivity index (χ2v) is 5.84. The van der Waals surface area contributed by atoms with Crippen molar-refractivity contribution < 1.29 is 4.74 Å². The van der Waals surface area contributed by atoms with Crippen molar-refractivity contribution in [3.05, 3.63) is 0 Å². The van der Waals surface area contributed by atoms with Crippen molar-refractivity contribution in [3.63, 3.8) is 0 Å². The lowest BCUT2D eigenvalue weighted by Crippen LogP contribution is -2.32. The van der Waals surface area contributed by atoms with Gasteiger partial charge >= 0.3 is 0 Å². The number of halogens is 1. The molecule has 1 fully saturated rings. The zero-order chi connectivity index (χ0) is 12.5. The lowest BCUT2D eigenvalue weighted by atomic mass is 10.1. The molecule has 0 saturated carbocycles. The normalized spacial score (nSPS) is 21.5. The van der Waals surface area contributed by atoms with Gasteiger partial charge in [0.2, 0.25) is 0 Å². The van der Waals surface area contributed by atoms with Crippen molar-refractivity contribution in [2.45, 2.75) is 52.0 Å². The van der Waals surface area contributed by atoms with Crippen LogP contribution in [0.5, 0.6) is 0 Å². The van der Waals surface area contributed by atoms with E-state index in [0.29, 0.717) is 0 Å². The first-order chi connectivity index (χ1) is 8.24. The summed E-state index contributed by atoms with van der Waals surface area (Å²) in [7, 11) is 0. The van der Waals surface area contributed by atoms with E-state index in [9.17, 15) is 0 Å². The smallest absolute Gasteiger partial charge is 0.0593 e. The van der Waals surface area contributed by atoms with Gasteiger partial charge in [-0.25, -0.2) is 0 Å². The van der Waals surface area contributed by atoms with Gasteiger partial charge in [-0.1, -0.05) is 13.8 Å². The van der Waals surface area contributed by atoms with E-state index in [-0.39, 0.29) is 0 Å². The SMILES string of the molecule is CC(C)CCOCCN1CCCC1CCCCl. The molecular weight excluding hydrogens is 234 g/mol. The summed E-state index contributed by atoms with van der Waals surface area (Å²) in [6.45, 7) is 8.64. The molecule has 1 rings (SSSR count). The molecule has 17 heavy (non-hydrogen) atoms. The van der Waals surface area contributed by atoms with E-state index in [1.165, 1.54) is 32.2 Å². The lowest BCUT2D eigenvalue weighted by molar-refractivity contribution is 0.0909. The molecule has 1 aliphatic heterocycles. The molecule has 0 amide bonds. The maximum Gasteiger partial charge on any atom is 0.0593 e. The first-order valence-electron chi connectivity index (χ1n) is 7.11. The molecule has 0 bridgehead atoms. The highest BCUT2D eigenvalue weighted by Gasteiger charge is 2.23. The second kappa shape index (κ2) is 9.18. The molecular formula is C14H28ClNO. The number of hydrogen-bond donors (Lipinski definition) is 0. The Bertz CT molecular complexity index is 187. The fraction of sp³-hybridized carbons (Fsp3) is 1.00. The van der Waals surface area contributed by atoms with Crippen LogP contribution >= 0.6 is 11.6 Å². The Morgan fingerprint density at radius 1 is 1.35 bits per heavy atom. The zero-order valence-electron chi connectivity index (χ0n) is 11.5. The summed E-state index contributed by atoms with van der Waals surface area (Å²) < 4.78 is 5.69. The Morgan fingerprint density at radius 3 is 2.88 bits per heavy atom. The maximum absolute atomic E-state index is 5.76. The van der Waals surface area contributed by atoms with Gasteiger partial charge in [0.05, 0.1) is 6.61 Å². The summed E-state index contributed by atoms with van der Waals surface area (Å²) in [4.78, 5) is 2.59. The quantitative estimate of drug-likeness (QED) is 0.465. The van der Waals surface area contributed by atoms with E-state index in [4.69, 9.17) is 16.3 Å². The minimum Gasteiger partial charge on any atom is -0.380 e. The van der Waals surface area contributed by atoms with Gasteiger partial charge in [-0.05, 0) is 44.6 Å². The molecule has 0 aromatic carbocycles. The van der Waals surface area contributed by atoms with Crippen LogP contribution in [0, 0.1) is 5.92 Å². The topological polar surface area (TPSA) is 12.5 Å². The highest BCUT2D eigenvalue weighted by molar-refractivity contribution is 6.17. The number of likely N-dealkylation sites (tertiary alicyclic amines) is 1. The van der Waals surface area contributed by atoms with Gasteiger partial charge in [0.1, 0.15) is 0 Å². The highest BCUT2D eigenvalue weighted by Crippen LogP contribution is 2.21. The van der Waals surface area contributed by atoms with Gasteiger partial charge in [-0.3, -0.25) is 4.90 Å². The summed E-state index contributed by atoms with van der Waals surface area (Å²) in [6, 6.07) is 0.766. The van der Waals surface area contributed by atoms with Crippen LogP contribution in [0.25, 0.3) is 0 Å². The van der Waals surface area contributed by atoms with Crippen LogP contribution in [-0.2, 0) is 4.74 Å².